The molecular formula is C15H26IN5O. The summed E-state index contributed by atoms with van der Waals surface area (Å²) in [6.07, 6.45) is 4.29. The largest absolute Gasteiger partial charge is 0.356 e. The molecule has 1 amide bonds. The Bertz CT molecular complexity index is 451. The lowest BCUT2D eigenvalue weighted by Gasteiger charge is -2.13. The van der Waals surface area contributed by atoms with Crippen LogP contribution in [0.4, 0.5) is 0 Å². The zero-order valence-corrected chi connectivity index (χ0v) is 15.8. The van der Waals surface area contributed by atoms with Crippen LogP contribution in [0.2, 0.25) is 0 Å². The van der Waals surface area contributed by atoms with Gasteiger partial charge in [-0.2, -0.15) is 0 Å². The summed E-state index contributed by atoms with van der Waals surface area (Å²) in [6, 6.07) is 3.48. The molecule has 124 valence electrons. The molecule has 7 heteroatoms. The molecule has 1 aromatic heterocycles. The molecule has 1 rings (SSSR count). The van der Waals surface area contributed by atoms with Gasteiger partial charge in [-0.3, -0.25) is 14.8 Å². The Balaban J connectivity index is 0.00000441. The lowest BCUT2D eigenvalue weighted by Crippen LogP contribution is -2.42. The number of hydrogen-bond donors (Lipinski definition) is 3. The second-order valence-electron chi connectivity index (χ2n) is 5.11. The zero-order chi connectivity index (χ0) is 15.5. The average Bonchev–Trinajstić information content (AvgIpc) is 2.50. The lowest BCUT2D eigenvalue weighted by molar-refractivity contribution is 0.0954. The summed E-state index contributed by atoms with van der Waals surface area (Å²) in [5.74, 6) is 1.30. The number of rotatable bonds is 7. The van der Waals surface area contributed by atoms with Gasteiger partial charge in [0.2, 0.25) is 0 Å². The molecule has 0 spiro atoms. The maximum Gasteiger partial charge on any atom is 0.252 e. The minimum atomic E-state index is -0.118. The molecule has 0 fully saturated rings. The van der Waals surface area contributed by atoms with Crippen LogP contribution < -0.4 is 16.0 Å². The Morgan fingerprint density at radius 3 is 2.50 bits per heavy atom. The van der Waals surface area contributed by atoms with Gasteiger partial charge in [-0.25, -0.2) is 0 Å². The van der Waals surface area contributed by atoms with Crippen molar-refractivity contribution in [3.05, 3.63) is 30.1 Å². The van der Waals surface area contributed by atoms with Crippen LogP contribution in [0, 0.1) is 5.92 Å². The van der Waals surface area contributed by atoms with E-state index in [-0.39, 0.29) is 29.9 Å². The summed E-state index contributed by atoms with van der Waals surface area (Å²) >= 11 is 0. The van der Waals surface area contributed by atoms with Crippen LogP contribution in [-0.4, -0.2) is 43.5 Å². The maximum absolute atomic E-state index is 11.8. The SMILES string of the molecule is CN=C(NCCNC(=O)c1cccnc1)NCCC(C)C.I. The standard InChI is InChI=1S/C15H25N5O.HI/c1-12(2)6-8-19-15(16-3)20-10-9-18-14(21)13-5-4-7-17-11-13;/h4-5,7,11-12H,6,8-10H2,1-3H3,(H,18,21)(H2,16,19,20);1H. The third kappa shape index (κ3) is 8.81. The van der Waals surface area contributed by atoms with Crippen LogP contribution >= 0.6 is 24.0 Å². The first-order valence-electron chi connectivity index (χ1n) is 7.26. The molecule has 22 heavy (non-hydrogen) atoms. The predicted octanol–water partition coefficient (Wildman–Crippen LogP) is 1.64. The molecule has 0 bridgehead atoms. The Kier molecular flexibility index (Phi) is 11.4. The van der Waals surface area contributed by atoms with Crippen molar-refractivity contribution in [3.63, 3.8) is 0 Å². The van der Waals surface area contributed by atoms with Crippen LogP contribution in [0.15, 0.2) is 29.5 Å². The number of aromatic nitrogens is 1. The summed E-state index contributed by atoms with van der Waals surface area (Å²) < 4.78 is 0. The van der Waals surface area contributed by atoms with Gasteiger partial charge >= 0.3 is 0 Å². The van der Waals surface area contributed by atoms with E-state index in [1.807, 2.05) is 0 Å². The van der Waals surface area contributed by atoms with Crippen molar-refractivity contribution in [1.82, 2.24) is 20.9 Å². The van der Waals surface area contributed by atoms with Crippen LogP contribution in [0.25, 0.3) is 0 Å². The van der Waals surface area contributed by atoms with Gasteiger partial charge in [0, 0.05) is 39.1 Å². The third-order valence-corrected chi connectivity index (χ3v) is 2.86. The van der Waals surface area contributed by atoms with Gasteiger partial charge in [0.1, 0.15) is 0 Å². The molecule has 0 atom stereocenters. The number of halogens is 1. The van der Waals surface area contributed by atoms with Gasteiger partial charge in [-0.15, -0.1) is 24.0 Å². The van der Waals surface area contributed by atoms with Crippen molar-refractivity contribution in [3.8, 4) is 0 Å². The zero-order valence-electron chi connectivity index (χ0n) is 13.4. The second-order valence-corrected chi connectivity index (χ2v) is 5.11. The first kappa shape index (κ1) is 20.6. The molecule has 0 aliphatic carbocycles. The Labute approximate surface area is 149 Å². The smallest absolute Gasteiger partial charge is 0.252 e. The van der Waals surface area contributed by atoms with Crippen molar-refractivity contribution in [1.29, 1.82) is 0 Å². The third-order valence-electron chi connectivity index (χ3n) is 2.86. The van der Waals surface area contributed by atoms with Crippen LogP contribution in [0.1, 0.15) is 30.6 Å². The molecule has 0 saturated heterocycles. The van der Waals surface area contributed by atoms with Crippen molar-refractivity contribution < 1.29 is 4.79 Å². The Hall–Kier alpha value is -1.38. The average molecular weight is 419 g/mol. The molecule has 0 aliphatic rings. The van der Waals surface area contributed by atoms with Crippen LogP contribution in [0.5, 0.6) is 0 Å². The predicted molar refractivity (Wildman–Crippen MR) is 101 cm³/mol. The first-order valence-corrected chi connectivity index (χ1v) is 7.26. The number of nitrogens with one attached hydrogen (secondary N) is 3. The highest BCUT2D eigenvalue weighted by atomic mass is 127. The lowest BCUT2D eigenvalue weighted by atomic mass is 10.1. The van der Waals surface area contributed by atoms with Gasteiger partial charge in [0.25, 0.3) is 5.91 Å². The van der Waals surface area contributed by atoms with Gasteiger partial charge in [0.05, 0.1) is 5.56 Å². The van der Waals surface area contributed by atoms with Crippen molar-refractivity contribution in [2.24, 2.45) is 10.9 Å². The Morgan fingerprint density at radius 2 is 1.91 bits per heavy atom. The van der Waals surface area contributed by atoms with Gasteiger partial charge in [-0.1, -0.05) is 13.8 Å². The van der Waals surface area contributed by atoms with E-state index in [1.54, 1.807) is 31.6 Å². The molecule has 1 aromatic rings. The normalized spacial score (nSPS) is 10.8. The first-order chi connectivity index (χ1) is 10.1. The summed E-state index contributed by atoms with van der Waals surface area (Å²) in [4.78, 5) is 19.8. The van der Waals surface area contributed by atoms with Gasteiger partial charge < -0.3 is 16.0 Å². The number of pyridine rings is 1. The van der Waals surface area contributed by atoms with E-state index in [0.717, 1.165) is 18.9 Å². The fourth-order valence-electron chi connectivity index (χ4n) is 1.66. The second kappa shape index (κ2) is 12.2. The maximum atomic E-state index is 11.8. The molecule has 1 heterocycles. The summed E-state index contributed by atoms with van der Waals surface area (Å²) in [5, 5.41) is 9.22. The van der Waals surface area contributed by atoms with Crippen molar-refractivity contribution >= 4 is 35.8 Å². The van der Waals surface area contributed by atoms with E-state index in [4.69, 9.17) is 0 Å². The number of amides is 1. The molecule has 6 nitrogen and oxygen atoms in total. The van der Waals surface area contributed by atoms with Crippen LogP contribution in [0.3, 0.4) is 0 Å². The Morgan fingerprint density at radius 1 is 1.23 bits per heavy atom. The monoisotopic (exact) mass is 419 g/mol. The molecule has 0 radical (unpaired) electrons. The van der Waals surface area contributed by atoms with E-state index in [0.29, 0.717) is 24.6 Å². The number of guanidine groups is 1. The highest BCUT2D eigenvalue weighted by Crippen LogP contribution is 1.96. The fourth-order valence-corrected chi connectivity index (χ4v) is 1.66. The highest BCUT2D eigenvalue weighted by molar-refractivity contribution is 14.0. The molecule has 0 unspecified atom stereocenters. The van der Waals surface area contributed by atoms with Crippen molar-refractivity contribution in [2.75, 3.05) is 26.7 Å². The number of carbonyl (C=O) groups excluding carboxylic acids is 1. The number of aliphatic imine (C=N–C) groups is 1. The van der Waals surface area contributed by atoms with E-state index in [1.165, 1.54) is 0 Å². The topological polar surface area (TPSA) is 78.4 Å². The molecule has 3 N–H and O–H groups in total. The molecule has 0 aromatic carbocycles. The fraction of sp³-hybridized carbons (Fsp3) is 0.533. The summed E-state index contributed by atoms with van der Waals surface area (Å²) in [6.45, 7) is 6.41. The van der Waals surface area contributed by atoms with Crippen molar-refractivity contribution in [2.45, 2.75) is 20.3 Å². The quantitative estimate of drug-likeness (QED) is 0.272. The van der Waals surface area contributed by atoms with Gasteiger partial charge in [0.15, 0.2) is 5.96 Å². The minimum absolute atomic E-state index is 0. The molecular weight excluding hydrogens is 393 g/mol. The van der Waals surface area contributed by atoms with E-state index >= 15 is 0 Å². The van der Waals surface area contributed by atoms with E-state index in [9.17, 15) is 4.79 Å². The minimum Gasteiger partial charge on any atom is -0.356 e. The van der Waals surface area contributed by atoms with Crippen LogP contribution in [-0.2, 0) is 0 Å². The van der Waals surface area contributed by atoms with Gasteiger partial charge in [-0.05, 0) is 24.5 Å². The number of nitrogens with zero attached hydrogens (tertiary/aromatic N) is 2. The van der Waals surface area contributed by atoms with E-state index in [2.05, 4.69) is 39.8 Å². The number of hydrogen-bond acceptors (Lipinski definition) is 3. The molecule has 0 saturated carbocycles. The number of carbonyl (C=O) groups is 1. The van der Waals surface area contributed by atoms with E-state index < -0.39 is 0 Å². The summed E-state index contributed by atoms with van der Waals surface area (Å²) in [7, 11) is 1.74. The molecule has 0 aliphatic heterocycles. The highest BCUT2D eigenvalue weighted by Gasteiger charge is 2.04. The summed E-state index contributed by atoms with van der Waals surface area (Å²) in [5.41, 5.74) is 0.567.